The quantitative estimate of drug-likeness (QED) is 0.234. The van der Waals surface area contributed by atoms with Crippen molar-refractivity contribution in [2.45, 2.75) is 39.4 Å². The van der Waals surface area contributed by atoms with Crippen molar-refractivity contribution in [2.75, 3.05) is 12.3 Å². The van der Waals surface area contributed by atoms with Crippen LogP contribution in [-0.4, -0.2) is 33.5 Å². The zero-order valence-electron chi connectivity index (χ0n) is 19.2. The van der Waals surface area contributed by atoms with E-state index >= 15 is 0 Å². The molecule has 0 aliphatic heterocycles. The maximum atomic E-state index is 13.3. The number of thioether (sulfide) groups is 1. The third kappa shape index (κ3) is 6.54. The summed E-state index contributed by atoms with van der Waals surface area (Å²) in [4.78, 5) is 43.1. The Balaban J connectivity index is 1.94. The SMILES string of the molecule is CC(C)CNC(=O)c1ccc2c(=O)n(CC(C)C)c(SCC(=O)c3ccc(Br)cc3)nc2c1. The van der Waals surface area contributed by atoms with Crippen molar-refractivity contribution in [2.24, 2.45) is 11.8 Å². The van der Waals surface area contributed by atoms with Gasteiger partial charge in [0.1, 0.15) is 0 Å². The second kappa shape index (κ2) is 11.1. The summed E-state index contributed by atoms with van der Waals surface area (Å²) in [5, 5.41) is 3.82. The van der Waals surface area contributed by atoms with E-state index in [4.69, 9.17) is 4.98 Å². The number of ketones is 1. The lowest BCUT2D eigenvalue weighted by Crippen LogP contribution is -2.28. The number of carbonyl (C=O) groups excluding carboxylic acids is 2. The number of benzene rings is 2. The molecule has 0 radical (unpaired) electrons. The molecule has 0 fully saturated rings. The molecule has 0 unspecified atom stereocenters. The first-order valence-electron chi connectivity index (χ1n) is 10.9. The Morgan fingerprint density at radius 2 is 1.70 bits per heavy atom. The van der Waals surface area contributed by atoms with Gasteiger partial charge in [-0.1, -0.05) is 67.5 Å². The fourth-order valence-electron chi connectivity index (χ4n) is 3.23. The van der Waals surface area contributed by atoms with Crippen molar-refractivity contribution in [3.8, 4) is 0 Å². The fraction of sp³-hybridized carbons (Fsp3) is 0.360. The Bertz CT molecular complexity index is 1220. The van der Waals surface area contributed by atoms with E-state index in [0.717, 1.165) is 4.47 Å². The van der Waals surface area contributed by atoms with Crippen LogP contribution in [0.15, 0.2) is 56.9 Å². The minimum atomic E-state index is -0.196. The molecule has 0 saturated heterocycles. The molecule has 0 saturated carbocycles. The van der Waals surface area contributed by atoms with Crippen molar-refractivity contribution in [3.63, 3.8) is 0 Å². The molecular weight excluding hydrogens is 502 g/mol. The minimum Gasteiger partial charge on any atom is -0.352 e. The van der Waals surface area contributed by atoms with E-state index in [2.05, 4.69) is 21.2 Å². The third-order valence-electron chi connectivity index (χ3n) is 4.90. The van der Waals surface area contributed by atoms with Crippen LogP contribution in [0.5, 0.6) is 0 Å². The Morgan fingerprint density at radius 3 is 2.33 bits per heavy atom. The average molecular weight is 530 g/mol. The molecular formula is C25H28BrN3O3S. The molecule has 1 amide bonds. The van der Waals surface area contributed by atoms with Crippen molar-refractivity contribution in [1.82, 2.24) is 14.9 Å². The highest BCUT2D eigenvalue weighted by molar-refractivity contribution is 9.10. The lowest BCUT2D eigenvalue weighted by atomic mass is 10.1. The Kier molecular flexibility index (Phi) is 8.48. The molecule has 0 atom stereocenters. The number of aromatic nitrogens is 2. The van der Waals surface area contributed by atoms with Gasteiger partial charge in [0.15, 0.2) is 10.9 Å². The predicted octanol–water partition coefficient (Wildman–Crippen LogP) is 5.18. The molecule has 2 aromatic carbocycles. The first kappa shape index (κ1) is 25.2. The number of hydrogen-bond donors (Lipinski definition) is 1. The van der Waals surface area contributed by atoms with Crippen molar-refractivity contribution < 1.29 is 9.59 Å². The van der Waals surface area contributed by atoms with Crippen LogP contribution in [0, 0.1) is 11.8 Å². The minimum absolute atomic E-state index is 0.0419. The van der Waals surface area contributed by atoms with E-state index in [1.807, 2.05) is 39.8 Å². The Labute approximate surface area is 206 Å². The molecule has 33 heavy (non-hydrogen) atoms. The van der Waals surface area contributed by atoms with Gasteiger partial charge in [-0.2, -0.15) is 0 Å². The monoisotopic (exact) mass is 529 g/mol. The van der Waals surface area contributed by atoms with Gasteiger partial charge >= 0.3 is 0 Å². The van der Waals surface area contributed by atoms with Crippen molar-refractivity contribution >= 4 is 50.3 Å². The number of carbonyl (C=O) groups is 2. The number of Topliss-reactive ketones (excluding diaryl/α,β-unsaturated/α-hetero) is 1. The topological polar surface area (TPSA) is 81.1 Å². The summed E-state index contributed by atoms with van der Waals surface area (Å²) < 4.78 is 2.53. The molecule has 1 N–H and O–H groups in total. The Morgan fingerprint density at radius 1 is 1.03 bits per heavy atom. The molecule has 3 rings (SSSR count). The van der Waals surface area contributed by atoms with Gasteiger partial charge in [0.25, 0.3) is 11.5 Å². The smallest absolute Gasteiger partial charge is 0.262 e. The van der Waals surface area contributed by atoms with Crippen LogP contribution in [0.25, 0.3) is 10.9 Å². The van der Waals surface area contributed by atoms with Gasteiger partial charge < -0.3 is 5.32 Å². The lowest BCUT2D eigenvalue weighted by Gasteiger charge is -2.15. The number of hydrogen-bond acceptors (Lipinski definition) is 5. The van der Waals surface area contributed by atoms with Crippen LogP contribution in [-0.2, 0) is 6.54 Å². The number of halogens is 1. The summed E-state index contributed by atoms with van der Waals surface area (Å²) in [6, 6.07) is 12.2. The van der Waals surface area contributed by atoms with E-state index in [9.17, 15) is 14.4 Å². The van der Waals surface area contributed by atoms with Crippen LogP contribution >= 0.6 is 27.7 Å². The molecule has 8 heteroatoms. The van der Waals surface area contributed by atoms with Gasteiger partial charge in [-0.25, -0.2) is 4.98 Å². The maximum Gasteiger partial charge on any atom is 0.262 e. The van der Waals surface area contributed by atoms with Crippen LogP contribution in [0.3, 0.4) is 0 Å². The van der Waals surface area contributed by atoms with Gasteiger partial charge in [0.2, 0.25) is 0 Å². The van der Waals surface area contributed by atoms with Gasteiger partial charge in [-0.3, -0.25) is 19.0 Å². The van der Waals surface area contributed by atoms with Gasteiger partial charge in [-0.05, 0) is 42.2 Å². The highest BCUT2D eigenvalue weighted by Crippen LogP contribution is 2.22. The van der Waals surface area contributed by atoms with E-state index in [0.29, 0.717) is 46.2 Å². The number of nitrogens with one attached hydrogen (secondary N) is 1. The normalized spacial score (nSPS) is 11.4. The number of rotatable bonds is 9. The van der Waals surface area contributed by atoms with Crippen LogP contribution in [0.4, 0.5) is 0 Å². The number of fused-ring (bicyclic) bond motifs is 1. The molecule has 0 bridgehead atoms. The summed E-state index contributed by atoms with van der Waals surface area (Å²) in [5.74, 6) is 0.483. The highest BCUT2D eigenvalue weighted by atomic mass is 79.9. The standard InChI is InChI=1S/C25H28BrN3O3S/c1-15(2)12-27-23(31)18-7-10-20-21(11-18)28-25(29(24(20)32)13-16(3)4)33-14-22(30)17-5-8-19(26)9-6-17/h5-11,15-16H,12-14H2,1-4H3,(H,27,31). The molecule has 1 aromatic heterocycles. The zero-order chi connectivity index (χ0) is 24.1. The lowest BCUT2D eigenvalue weighted by molar-refractivity contribution is 0.0948. The zero-order valence-corrected chi connectivity index (χ0v) is 21.6. The summed E-state index contributed by atoms with van der Waals surface area (Å²) in [6.07, 6.45) is 0. The fourth-order valence-corrected chi connectivity index (χ4v) is 4.39. The van der Waals surface area contributed by atoms with Crippen LogP contribution < -0.4 is 10.9 Å². The number of amides is 1. The first-order valence-corrected chi connectivity index (χ1v) is 12.7. The van der Waals surface area contributed by atoms with Crippen LogP contribution in [0.2, 0.25) is 0 Å². The van der Waals surface area contributed by atoms with Gasteiger partial charge in [0.05, 0.1) is 16.7 Å². The second-order valence-electron chi connectivity index (χ2n) is 8.76. The third-order valence-corrected chi connectivity index (χ3v) is 6.40. The maximum absolute atomic E-state index is 13.3. The summed E-state index contributed by atoms with van der Waals surface area (Å²) in [7, 11) is 0. The molecule has 174 valence electrons. The summed E-state index contributed by atoms with van der Waals surface area (Å²) in [5.41, 5.74) is 1.35. The molecule has 1 heterocycles. The summed E-state index contributed by atoms with van der Waals surface area (Å²) >= 11 is 4.62. The molecule has 0 aliphatic rings. The first-order chi connectivity index (χ1) is 15.7. The van der Waals surface area contributed by atoms with Gasteiger partial charge in [0, 0.05) is 28.7 Å². The van der Waals surface area contributed by atoms with E-state index < -0.39 is 0 Å². The molecule has 0 aliphatic carbocycles. The Hall–Kier alpha value is -2.45. The van der Waals surface area contributed by atoms with E-state index in [-0.39, 0.29) is 28.9 Å². The highest BCUT2D eigenvalue weighted by Gasteiger charge is 2.17. The predicted molar refractivity (Wildman–Crippen MR) is 137 cm³/mol. The van der Waals surface area contributed by atoms with Crippen LogP contribution in [0.1, 0.15) is 48.4 Å². The van der Waals surface area contributed by atoms with E-state index in [1.165, 1.54) is 11.8 Å². The van der Waals surface area contributed by atoms with Gasteiger partial charge in [-0.15, -0.1) is 0 Å². The largest absolute Gasteiger partial charge is 0.352 e. The molecule has 3 aromatic rings. The average Bonchev–Trinajstić information content (AvgIpc) is 2.77. The van der Waals surface area contributed by atoms with E-state index in [1.54, 1.807) is 34.9 Å². The van der Waals surface area contributed by atoms with Crippen molar-refractivity contribution in [3.05, 3.63) is 68.4 Å². The molecule has 6 nitrogen and oxygen atoms in total. The van der Waals surface area contributed by atoms with Crippen molar-refractivity contribution in [1.29, 1.82) is 0 Å². The number of nitrogens with zero attached hydrogens (tertiary/aromatic N) is 2. The summed E-state index contributed by atoms with van der Waals surface area (Å²) in [6.45, 7) is 9.17. The molecule has 0 spiro atoms. The second-order valence-corrected chi connectivity index (χ2v) is 10.6.